The van der Waals surface area contributed by atoms with Crippen molar-refractivity contribution in [3.63, 3.8) is 0 Å². The van der Waals surface area contributed by atoms with Crippen LogP contribution in [0.15, 0.2) is 18.2 Å². The summed E-state index contributed by atoms with van der Waals surface area (Å²) in [5.74, 6) is 1.29. The molecule has 6 heteroatoms. The van der Waals surface area contributed by atoms with Gasteiger partial charge in [-0.25, -0.2) is 0 Å². The van der Waals surface area contributed by atoms with E-state index < -0.39 is 0 Å². The van der Waals surface area contributed by atoms with Crippen LogP contribution in [0, 0.1) is 0 Å². The molecule has 1 N–H and O–H groups in total. The largest absolute Gasteiger partial charge is 0.454 e. The third-order valence-corrected chi connectivity index (χ3v) is 4.17. The number of nitrogens with one attached hydrogen (secondary N) is 1. The average Bonchev–Trinajstić information content (AvgIpc) is 3.00. The van der Waals surface area contributed by atoms with E-state index in [4.69, 9.17) is 21.7 Å². The number of benzene rings is 1. The molecule has 1 aromatic rings. The molecule has 0 saturated carbocycles. The summed E-state index contributed by atoms with van der Waals surface area (Å²) in [6.07, 6.45) is 3.43. The average molecular weight is 306 g/mol. The van der Waals surface area contributed by atoms with E-state index in [0.717, 1.165) is 43.0 Å². The zero-order valence-corrected chi connectivity index (χ0v) is 12.6. The highest BCUT2D eigenvalue weighted by molar-refractivity contribution is 7.82. The number of carbonyl (C=O) groups is 1. The van der Waals surface area contributed by atoms with Gasteiger partial charge in [-0.3, -0.25) is 4.79 Å². The van der Waals surface area contributed by atoms with E-state index in [9.17, 15) is 4.79 Å². The number of rotatable bonds is 2. The minimum Gasteiger partial charge on any atom is -0.454 e. The van der Waals surface area contributed by atoms with Crippen molar-refractivity contribution in [1.82, 2.24) is 10.2 Å². The van der Waals surface area contributed by atoms with E-state index >= 15 is 0 Å². The Morgan fingerprint density at radius 1 is 1.19 bits per heavy atom. The fraction of sp³-hybridized carbons (Fsp3) is 0.467. The number of thiocarbonyl (C=S) groups is 1. The normalized spacial score (nSPS) is 16.7. The lowest BCUT2D eigenvalue weighted by atomic mass is 10.1. The Morgan fingerprint density at radius 2 is 1.95 bits per heavy atom. The monoisotopic (exact) mass is 306 g/mol. The molecule has 1 amide bonds. The number of ether oxygens (including phenoxy) is 2. The van der Waals surface area contributed by atoms with E-state index in [1.807, 2.05) is 23.1 Å². The van der Waals surface area contributed by atoms with Crippen molar-refractivity contribution in [2.45, 2.75) is 25.8 Å². The molecule has 1 saturated heterocycles. The van der Waals surface area contributed by atoms with Crippen LogP contribution in [0.2, 0.25) is 0 Å². The van der Waals surface area contributed by atoms with Crippen LogP contribution in [0.5, 0.6) is 11.5 Å². The highest BCUT2D eigenvalue weighted by Crippen LogP contribution is 2.32. The molecule has 0 aliphatic carbocycles. The molecule has 112 valence electrons. The number of hydrogen-bond donors (Lipinski definition) is 1. The Hall–Kier alpha value is -1.82. The van der Waals surface area contributed by atoms with Crippen molar-refractivity contribution in [2.24, 2.45) is 0 Å². The Kier molecular flexibility index (Phi) is 4.24. The summed E-state index contributed by atoms with van der Waals surface area (Å²) in [4.78, 5) is 14.5. The van der Waals surface area contributed by atoms with Gasteiger partial charge in [0.05, 0.1) is 0 Å². The second-order valence-electron chi connectivity index (χ2n) is 5.22. The Bertz CT molecular complexity index is 556. The summed E-state index contributed by atoms with van der Waals surface area (Å²) in [5, 5.41) is 2.87. The van der Waals surface area contributed by atoms with Gasteiger partial charge in [-0.05, 0) is 37.0 Å². The maximum atomic E-state index is 12.1. The van der Waals surface area contributed by atoms with E-state index in [0.29, 0.717) is 11.5 Å². The second-order valence-corrected chi connectivity index (χ2v) is 5.61. The van der Waals surface area contributed by atoms with Gasteiger partial charge in [0.15, 0.2) is 16.5 Å². The molecule has 2 aliphatic heterocycles. The molecule has 5 nitrogen and oxygen atoms in total. The van der Waals surface area contributed by atoms with Gasteiger partial charge in [0.25, 0.3) is 5.91 Å². The summed E-state index contributed by atoms with van der Waals surface area (Å²) < 4.78 is 10.6. The van der Waals surface area contributed by atoms with Gasteiger partial charge in [0.2, 0.25) is 6.79 Å². The second kappa shape index (κ2) is 6.30. The molecular formula is C15H18N2O3S. The number of amides is 1. The van der Waals surface area contributed by atoms with Crippen molar-refractivity contribution >= 4 is 23.1 Å². The van der Waals surface area contributed by atoms with Crippen molar-refractivity contribution < 1.29 is 14.3 Å². The third kappa shape index (κ3) is 3.26. The van der Waals surface area contributed by atoms with Gasteiger partial charge < -0.3 is 19.7 Å². The van der Waals surface area contributed by atoms with Crippen LogP contribution in [0.4, 0.5) is 0 Å². The molecule has 0 spiro atoms. The number of nitrogens with zero attached hydrogens (tertiary/aromatic N) is 1. The molecule has 21 heavy (non-hydrogen) atoms. The highest BCUT2D eigenvalue weighted by atomic mass is 32.1. The predicted molar refractivity (Wildman–Crippen MR) is 82.4 cm³/mol. The molecule has 1 aromatic carbocycles. The molecule has 1 fully saturated rings. The molecule has 0 bridgehead atoms. The molecule has 2 heterocycles. The first-order chi connectivity index (χ1) is 10.2. The number of fused-ring (bicyclic) bond motifs is 1. The standard InChI is InChI=1S/C15H18N2O3S/c18-14(15(21)17-6-2-1-3-7-17)16-9-11-4-5-12-13(8-11)20-10-19-12/h4-5,8H,1-3,6-7,9-10H2,(H,16,18). The first kappa shape index (κ1) is 14.1. The topological polar surface area (TPSA) is 50.8 Å². The van der Waals surface area contributed by atoms with E-state index in [1.54, 1.807) is 0 Å². The van der Waals surface area contributed by atoms with Crippen LogP contribution in [0.25, 0.3) is 0 Å². The fourth-order valence-electron chi connectivity index (χ4n) is 2.55. The van der Waals surface area contributed by atoms with Crippen LogP contribution in [0.3, 0.4) is 0 Å². The van der Waals surface area contributed by atoms with Crippen LogP contribution >= 0.6 is 12.2 Å². The number of likely N-dealkylation sites (tertiary alicyclic amines) is 1. The summed E-state index contributed by atoms with van der Waals surface area (Å²) in [6.45, 7) is 2.46. The lowest BCUT2D eigenvalue weighted by Gasteiger charge is -2.28. The molecule has 3 rings (SSSR count). The maximum Gasteiger partial charge on any atom is 0.279 e. The molecule has 2 aliphatic rings. The van der Waals surface area contributed by atoms with Crippen molar-refractivity contribution in [1.29, 1.82) is 0 Å². The van der Waals surface area contributed by atoms with Gasteiger partial charge in [0.1, 0.15) is 0 Å². The van der Waals surface area contributed by atoms with Gasteiger partial charge in [-0.2, -0.15) is 0 Å². The van der Waals surface area contributed by atoms with Crippen molar-refractivity contribution in [3.05, 3.63) is 23.8 Å². The number of piperidine rings is 1. The van der Waals surface area contributed by atoms with Crippen LogP contribution in [-0.4, -0.2) is 35.7 Å². The van der Waals surface area contributed by atoms with E-state index in [1.165, 1.54) is 6.42 Å². The molecular weight excluding hydrogens is 288 g/mol. The lowest BCUT2D eigenvalue weighted by Crippen LogP contribution is -2.43. The maximum absolute atomic E-state index is 12.1. The Balaban J connectivity index is 1.54. The Labute approximate surface area is 129 Å². The minimum absolute atomic E-state index is 0.176. The van der Waals surface area contributed by atoms with Crippen LogP contribution in [0.1, 0.15) is 24.8 Å². The fourth-order valence-corrected chi connectivity index (χ4v) is 2.80. The summed E-state index contributed by atoms with van der Waals surface area (Å²) in [7, 11) is 0. The molecule has 0 unspecified atom stereocenters. The molecule has 0 aromatic heterocycles. The number of hydrogen-bond acceptors (Lipinski definition) is 4. The smallest absolute Gasteiger partial charge is 0.279 e. The zero-order valence-electron chi connectivity index (χ0n) is 11.8. The summed E-state index contributed by atoms with van der Waals surface area (Å²) in [5.41, 5.74) is 0.967. The Morgan fingerprint density at radius 3 is 2.76 bits per heavy atom. The van der Waals surface area contributed by atoms with Crippen molar-refractivity contribution in [3.8, 4) is 11.5 Å². The van der Waals surface area contributed by atoms with Gasteiger partial charge >= 0.3 is 0 Å². The van der Waals surface area contributed by atoms with Gasteiger partial charge in [-0.1, -0.05) is 18.3 Å². The first-order valence-corrected chi connectivity index (χ1v) is 7.60. The van der Waals surface area contributed by atoms with Crippen LogP contribution < -0.4 is 14.8 Å². The number of carbonyl (C=O) groups excluding carboxylic acids is 1. The van der Waals surface area contributed by atoms with Crippen LogP contribution in [-0.2, 0) is 11.3 Å². The van der Waals surface area contributed by atoms with Gasteiger partial charge in [0, 0.05) is 19.6 Å². The summed E-state index contributed by atoms with van der Waals surface area (Å²) in [6, 6.07) is 5.65. The van der Waals surface area contributed by atoms with E-state index in [-0.39, 0.29) is 12.7 Å². The quantitative estimate of drug-likeness (QED) is 0.845. The first-order valence-electron chi connectivity index (χ1n) is 7.20. The summed E-state index contributed by atoms with van der Waals surface area (Å²) >= 11 is 5.26. The lowest BCUT2D eigenvalue weighted by molar-refractivity contribution is -0.115. The zero-order chi connectivity index (χ0) is 14.7. The van der Waals surface area contributed by atoms with Gasteiger partial charge in [-0.15, -0.1) is 0 Å². The predicted octanol–water partition coefficient (Wildman–Crippen LogP) is 1.84. The van der Waals surface area contributed by atoms with Crippen molar-refractivity contribution in [2.75, 3.05) is 19.9 Å². The van der Waals surface area contributed by atoms with E-state index in [2.05, 4.69) is 5.32 Å². The third-order valence-electron chi connectivity index (χ3n) is 3.73. The minimum atomic E-state index is -0.176. The molecule has 0 atom stereocenters. The molecule has 0 radical (unpaired) electrons. The SMILES string of the molecule is O=C(NCc1ccc2c(c1)OCO2)C(=S)N1CCCCC1. The highest BCUT2D eigenvalue weighted by Gasteiger charge is 2.19.